The first-order chi connectivity index (χ1) is 13.0. The molecule has 2 aromatic carbocycles. The first-order valence-electron chi connectivity index (χ1n) is 8.41. The van der Waals surface area contributed by atoms with Crippen LogP contribution in [0.5, 0.6) is 0 Å². The van der Waals surface area contributed by atoms with E-state index in [0.717, 1.165) is 5.76 Å². The molecule has 1 N–H and O–H groups in total. The second-order valence-corrected chi connectivity index (χ2v) is 6.20. The maximum atomic E-state index is 12.9. The van der Waals surface area contributed by atoms with E-state index in [9.17, 15) is 14.4 Å². The number of rotatable bonds is 3. The molecule has 0 saturated heterocycles. The highest BCUT2D eigenvalue weighted by Crippen LogP contribution is 2.31. The predicted octanol–water partition coefficient (Wildman–Crippen LogP) is 4.02. The second kappa shape index (κ2) is 6.53. The summed E-state index contributed by atoms with van der Waals surface area (Å²) in [7, 11) is 0. The SMILES string of the molecule is Cc1ccc(/C=C/C(=O)Nc2cccc3c2C(=O)c2ccccc2C3=O)o1. The summed E-state index contributed by atoms with van der Waals surface area (Å²) in [5.74, 6) is 0.379. The fraction of sp³-hybridized carbons (Fsp3) is 0.0455. The number of anilines is 1. The molecular formula is C22H15NO4. The molecule has 1 amide bonds. The van der Waals surface area contributed by atoms with Crippen molar-refractivity contribution in [2.45, 2.75) is 6.92 Å². The highest BCUT2D eigenvalue weighted by atomic mass is 16.3. The quantitative estimate of drug-likeness (QED) is 0.562. The van der Waals surface area contributed by atoms with Gasteiger partial charge in [-0.05, 0) is 31.2 Å². The fourth-order valence-corrected chi connectivity index (χ4v) is 3.12. The van der Waals surface area contributed by atoms with Crippen LogP contribution in [-0.4, -0.2) is 17.5 Å². The lowest BCUT2D eigenvalue weighted by atomic mass is 9.83. The van der Waals surface area contributed by atoms with Crippen LogP contribution in [0.1, 0.15) is 43.4 Å². The Bertz CT molecular complexity index is 1120. The van der Waals surface area contributed by atoms with E-state index in [2.05, 4.69) is 5.32 Å². The van der Waals surface area contributed by atoms with Crippen molar-refractivity contribution in [1.29, 1.82) is 0 Å². The van der Waals surface area contributed by atoms with Crippen molar-refractivity contribution in [3.05, 3.63) is 94.4 Å². The van der Waals surface area contributed by atoms with Crippen LogP contribution in [0, 0.1) is 6.92 Å². The van der Waals surface area contributed by atoms with Gasteiger partial charge in [-0.2, -0.15) is 0 Å². The van der Waals surface area contributed by atoms with Crippen LogP contribution in [0.3, 0.4) is 0 Å². The largest absolute Gasteiger partial charge is 0.462 e. The summed E-state index contributed by atoms with van der Waals surface area (Å²) >= 11 is 0. The normalized spacial score (nSPS) is 12.8. The Morgan fingerprint density at radius 2 is 1.59 bits per heavy atom. The van der Waals surface area contributed by atoms with Crippen molar-refractivity contribution in [1.82, 2.24) is 0 Å². The molecule has 0 aliphatic heterocycles. The van der Waals surface area contributed by atoms with Gasteiger partial charge in [0.15, 0.2) is 11.6 Å². The molecule has 1 aliphatic carbocycles. The van der Waals surface area contributed by atoms with Crippen molar-refractivity contribution in [3.8, 4) is 0 Å². The van der Waals surface area contributed by atoms with Gasteiger partial charge in [-0.3, -0.25) is 14.4 Å². The van der Waals surface area contributed by atoms with E-state index in [-0.39, 0.29) is 17.1 Å². The molecule has 0 radical (unpaired) electrons. The molecule has 132 valence electrons. The molecule has 5 heteroatoms. The molecular weight excluding hydrogens is 342 g/mol. The molecule has 0 fully saturated rings. The number of furan rings is 1. The van der Waals surface area contributed by atoms with E-state index < -0.39 is 5.91 Å². The lowest BCUT2D eigenvalue weighted by molar-refractivity contribution is -0.111. The number of nitrogens with one attached hydrogen (secondary N) is 1. The molecule has 0 bridgehead atoms. The van der Waals surface area contributed by atoms with Gasteiger partial charge in [-0.1, -0.05) is 36.4 Å². The van der Waals surface area contributed by atoms with Gasteiger partial charge >= 0.3 is 0 Å². The number of amides is 1. The number of carbonyl (C=O) groups is 3. The number of benzene rings is 2. The maximum absolute atomic E-state index is 12.9. The van der Waals surface area contributed by atoms with Crippen molar-refractivity contribution in [2.75, 3.05) is 5.32 Å². The van der Waals surface area contributed by atoms with Crippen molar-refractivity contribution >= 4 is 29.2 Å². The highest BCUT2D eigenvalue weighted by molar-refractivity contribution is 6.30. The van der Waals surface area contributed by atoms with E-state index in [1.807, 2.05) is 6.92 Å². The van der Waals surface area contributed by atoms with Gasteiger partial charge in [-0.25, -0.2) is 0 Å². The van der Waals surface area contributed by atoms with Gasteiger partial charge < -0.3 is 9.73 Å². The van der Waals surface area contributed by atoms with Crippen molar-refractivity contribution < 1.29 is 18.8 Å². The van der Waals surface area contributed by atoms with Crippen LogP contribution < -0.4 is 5.32 Å². The minimum absolute atomic E-state index is 0.219. The van der Waals surface area contributed by atoms with E-state index in [1.54, 1.807) is 60.7 Å². The van der Waals surface area contributed by atoms with Gasteiger partial charge in [0.2, 0.25) is 5.91 Å². The molecule has 3 aromatic rings. The van der Waals surface area contributed by atoms with E-state index >= 15 is 0 Å². The van der Waals surface area contributed by atoms with Gasteiger partial charge in [-0.15, -0.1) is 0 Å². The Morgan fingerprint density at radius 3 is 2.30 bits per heavy atom. The number of aryl methyl sites for hydroxylation is 1. The summed E-state index contributed by atoms with van der Waals surface area (Å²) in [5.41, 5.74) is 1.55. The summed E-state index contributed by atoms with van der Waals surface area (Å²) in [6.45, 7) is 1.81. The Hall–Kier alpha value is -3.73. The standard InChI is InChI=1S/C22H15NO4/c1-13-9-10-14(27-13)11-12-19(24)23-18-8-4-7-17-20(18)22(26)16-6-3-2-5-15(16)21(17)25/h2-12H,1H3,(H,23,24)/b12-11+. The van der Waals surface area contributed by atoms with Gasteiger partial charge in [0.1, 0.15) is 11.5 Å². The van der Waals surface area contributed by atoms with E-state index in [4.69, 9.17) is 4.42 Å². The molecule has 4 rings (SSSR count). The fourth-order valence-electron chi connectivity index (χ4n) is 3.12. The number of ketones is 2. The molecule has 27 heavy (non-hydrogen) atoms. The molecule has 1 heterocycles. The first kappa shape index (κ1) is 16.7. The molecule has 0 spiro atoms. The van der Waals surface area contributed by atoms with Crippen LogP contribution in [0.25, 0.3) is 6.08 Å². The number of hydrogen-bond donors (Lipinski definition) is 1. The molecule has 0 atom stereocenters. The lowest BCUT2D eigenvalue weighted by Gasteiger charge is -2.20. The van der Waals surface area contributed by atoms with Crippen LogP contribution >= 0.6 is 0 Å². The lowest BCUT2D eigenvalue weighted by Crippen LogP contribution is -2.23. The van der Waals surface area contributed by atoms with Crippen LogP contribution in [0.2, 0.25) is 0 Å². The predicted molar refractivity (Wildman–Crippen MR) is 101 cm³/mol. The Morgan fingerprint density at radius 1 is 0.889 bits per heavy atom. The van der Waals surface area contributed by atoms with Crippen LogP contribution in [-0.2, 0) is 4.79 Å². The minimum Gasteiger partial charge on any atom is -0.462 e. The molecule has 5 nitrogen and oxygen atoms in total. The summed E-state index contributed by atoms with van der Waals surface area (Å²) in [6.07, 6.45) is 2.86. The molecule has 1 aromatic heterocycles. The zero-order valence-corrected chi connectivity index (χ0v) is 14.5. The third kappa shape index (κ3) is 3.00. The zero-order chi connectivity index (χ0) is 19.0. The molecule has 0 unspecified atom stereocenters. The molecule has 1 aliphatic rings. The Kier molecular flexibility index (Phi) is 4.05. The maximum Gasteiger partial charge on any atom is 0.248 e. The van der Waals surface area contributed by atoms with Crippen molar-refractivity contribution in [2.24, 2.45) is 0 Å². The zero-order valence-electron chi connectivity index (χ0n) is 14.5. The van der Waals surface area contributed by atoms with Crippen molar-refractivity contribution in [3.63, 3.8) is 0 Å². The highest BCUT2D eigenvalue weighted by Gasteiger charge is 2.31. The Labute approximate surface area is 155 Å². The third-order valence-corrected chi connectivity index (χ3v) is 4.37. The smallest absolute Gasteiger partial charge is 0.248 e. The van der Waals surface area contributed by atoms with Crippen LogP contribution in [0.15, 0.2) is 65.1 Å². The number of hydrogen-bond acceptors (Lipinski definition) is 4. The number of fused-ring (bicyclic) bond motifs is 2. The Balaban J connectivity index is 1.66. The van der Waals surface area contributed by atoms with E-state index in [0.29, 0.717) is 28.1 Å². The number of carbonyl (C=O) groups excluding carboxylic acids is 3. The minimum atomic E-state index is -0.420. The van der Waals surface area contributed by atoms with Gasteiger partial charge in [0, 0.05) is 22.8 Å². The average Bonchev–Trinajstić information content (AvgIpc) is 3.10. The van der Waals surface area contributed by atoms with Crippen LogP contribution in [0.4, 0.5) is 5.69 Å². The monoisotopic (exact) mass is 357 g/mol. The topological polar surface area (TPSA) is 76.4 Å². The van der Waals surface area contributed by atoms with E-state index in [1.165, 1.54) is 6.08 Å². The first-order valence-corrected chi connectivity index (χ1v) is 8.41. The summed E-state index contributed by atoms with van der Waals surface area (Å²) in [5, 5.41) is 2.69. The third-order valence-electron chi connectivity index (χ3n) is 4.37. The summed E-state index contributed by atoms with van der Waals surface area (Å²) < 4.78 is 5.38. The summed E-state index contributed by atoms with van der Waals surface area (Å²) in [6, 6.07) is 15.1. The average molecular weight is 357 g/mol. The summed E-state index contributed by atoms with van der Waals surface area (Å²) in [4.78, 5) is 37.9. The van der Waals surface area contributed by atoms with Gasteiger partial charge in [0.25, 0.3) is 0 Å². The van der Waals surface area contributed by atoms with Gasteiger partial charge in [0.05, 0.1) is 11.3 Å². The molecule has 0 saturated carbocycles. The second-order valence-electron chi connectivity index (χ2n) is 6.20.